The first-order valence-electron chi connectivity index (χ1n) is 6.57. The molecule has 0 radical (unpaired) electrons. The first-order chi connectivity index (χ1) is 11.4. The van der Waals surface area contributed by atoms with Crippen LogP contribution in [-0.4, -0.2) is 15.0 Å². The number of non-ortho nitro benzene ring substituents is 2. The second-order valence-corrected chi connectivity index (χ2v) is 4.85. The van der Waals surface area contributed by atoms with Crippen LogP contribution < -0.4 is 5.43 Å². The van der Waals surface area contributed by atoms with Crippen molar-refractivity contribution >= 4 is 22.3 Å². The van der Waals surface area contributed by atoms with Gasteiger partial charge in [0.1, 0.15) is 5.58 Å². The van der Waals surface area contributed by atoms with Gasteiger partial charge >= 0.3 is 0 Å². The minimum Gasteiger partial charge on any atom is -0.502 e. The normalized spacial score (nSPS) is 10.7. The summed E-state index contributed by atoms with van der Waals surface area (Å²) in [5.41, 5.74) is -0.977. The van der Waals surface area contributed by atoms with Gasteiger partial charge in [-0.1, -0.05) is 0 Å². The van der Waals surface area contributed by atoms with Crippen molar-refractivity contribution in [3.8, 4) is 17.1 Å². The summed E-state index contributed by atoms with van der Waals surface area (Å²) < 4.78 is 5.45. The monoisotopic (exact) mass is 328 g/mol. The number of aromatic hydroxyl groups is 1. The van der Waals surface area contributed by atoms with Crippen LogP contribution in [0.15, 0.2) is 51.7 Å². The maximum Gasteiger partial charge on any atom is 0.270 e. The van der Waals surface area contributed by atoms with E-state index in [9.17, 15) is 30.1 Å². The summed E-state index contributed by atoms with van der Waals surface area (Å²) in [5.74, 6) is -0.895. The molecule has 0 saturated carbocycles. The molecule has 0 atom stereocenters. The van der Waals surface area contributed by atoms with Crippen molar-refractivity contribution < 1.29 is 19.4 Å². The molecule has 1 aromatic heterocycles. The summed E-state index contributed by atoms with van der Waals surface area (Å²) >= 11 is 0. The first-order valence-corrected chi connectivity index (χ1v) is 6.57. The molecule has 9 heteroatoms. The Labute approximate surface area is 132 Å². The van der Waals surface area contributed by atoms with Crippen molar-refractivity contribution in [2.75, 3.05) is 0 Å². The Hall–Kier alpha value is -3.75. The van der Waals surface area contributed by atoms with Crippen LogP contribution in [0.25, 0.3) is 22.3 Å². The quantitative estimate of drug-likeness (QED) is 0.576. The lowest BCUT2D eigenvalue weighted by Crippen LogP contribution is -2.03. The number of nitro groups is 2. The molecule has 0 bridgehead atoms. The maximum absolute atomic E-state index is 12.2. The van der Waals surface area contributed by atoms with Gasteiger partial charge in [-0.3, -0.25) is 25.0 Å². The summed E-state index contributed by atoms with van der Waals surface area (Å²) in [6.45, 7) is 0. The first kappa shape index (κ1) is 15.2. The molecule has 24 heavy (non-hydrogen) atoms. The highest BCUT2D eigenvalue weighted by Crippen LogP contribution is 2.32. The molecule has 1 N–H and O–H groups in total. The second kappa shape index (κ2) is 5.47. The molecule has 0 amide bonds. The lowest BCUT2D eigenvalue weighted by atomic mass is 10.1. The van der Waals surface area contributed by atoms with E-state index in [-0.39, 0.29) is 33.7 Å². The summed E-state index contributed by atoms with van der Waals surface area (Å²) in [6.07, 6.45) is 0. The third-order valence-corrected chi connectivity index (χ3v) is 3.40. The van der Waals surface area contributed by atoms with E-state index >= 15 is 0 Å². The second-order valence-electron chi connectivity index (χ2n) is 4.85. The fourth-order valence-corrected chi connectivity index (χ4v) is 2.22. The molecule has 120 valence electrons. The molecule has 0 unspecified atom stereocenters. The van der Waals surface area contributed by atoms with Crippen molar-refractivity contribution in [2.24, 2.45) is 0 Å². The summed E-state index contributed by atoms with van der Waals surface area (Å²) in [4.78, 5) is 32.4. The molecule has 3 rings (SSSR count). The molecular weight excluding hydrogens is 320 g/mol. The minimum absolute atomic E-state index is 0.0525. The van der Waals surface area contributed by atoms with Crippen LogP contribution in [0, 0.1) is 20.2 Å². The number of rotatable bonds is 3. The highest BCUT2D eigenvalue weighted by atomic mass is 16.6. The van der Waals surface area contributed by atoms with Crippen LogP contribution in [0.4, 0.5) is 11.4 Å². The van der Waals surface area contributed by atoms with Gasteiger partial charge in [-0.15, -0.1) is 0 Å². The van der Waals surface area contributed by atoms with Crippen LogP contribution in [0.5, 0.6) is 5.75 Å². The molecule has 0 spiro atoms. The number of hydrogen-bond donors (Lipinski definition) is 1. The van der Waals surface area contributed by atoms with Crippen LogP contribution in [-0.2, 0) is 0 Å². The molecule has 0 fully saturated rings. The van der Waals surface area contributed by atoms with Crippen LogP contribution in [0.3, 0.4) is 0 Å². The molecule has 2 aromatic carbocycles. The molecular formula is C15H8N2O7. The smallest absolute Gasteiger partial charge is 0.270 e. The largest absolute Gasteiger partial charge is 0.502 e. The minimum atomic E-state index is -0.826. The molecule has 0 aliphatic heterocycles. The van der Waals surface area contributed by atoms with Crippen LogP contribution in [0.2, 0.25) is 0 Å². The summed E-state index contributed by atoms with van der Waals surface area (Å²) in [6, 6.07) is 8.50. The van der Waals surface area contributed by atoms with Crippen molar-refractivity contribution in [2.45, 2.75) is 0 Å². The third-order valence-electron chi connectivity index (χ3n) is 3.40. The molecule has 9 nitrogen and oxygen atoms in total. The average molecular weight is 328 g/mol. The Bertz CT molecular complexity index is 1040. The number of hydrogen-bond acceptors (Lipinski definition) is 7. The predicted molar refractivity (Wildman–Crippen MR) is 82.9 cm³/mol. The highest BCUT2D eigenvalue weighted by Gasteiger charge is 2.18. The number of benzene rings is 2. The van der Waals surface area contributed by atoms with E-state index in [0.717, 1.165) is 6.07 Å². The predicted octanol–water partition coefficient (Wildman–Crippen LogP) is 2.98. The van der Waals surface area contributed by atoms with Crippen LogP contribution >= 0.6 is 0 Å². The van der Waals surface area contributed by atoms with E-state index in [1.54, 1.807) is 0 Å². The zero-order chi connectivity index (χ0) is 17.4. The van der Waals surface area contributed by atoms with Gasteiger partial charge in [0.15, 0.2) is 5.76 Å². The van der Waals surface area contributed by atoms with Gasteiger partial charge in [0.2, 0.25) is 11.2 Å². The number of nitrogens with zero attached hydrogens (tertiary/aromatic N) is 2. The van der Waals surface area contributed by atoms with E-state index in [1.165, 1.54) is 36.4 Å². The van der Waals surface area contributed by atoms with E-state index in [1.807, 2.05) is 0 Å². The van der Waals surface area contributed by atoms with Gasteiger partial charge in [0.05, 0.1) is 15.2 Å². The standard InChI is InChI=1S/C15H8N2O7/c18-13-11-7-10(17(22)23)5-6-12(11)24-15(14(13)19)8-1-3-9(4-2-8)16(20)21/h1-7,19H. The SMILES string of the molecule is O=c1c(O)c(-c2ccc([N+](=O)[O-])cc2)oc2ccc([N+](=O)[O-])cc12. The Kier molecular flexibility index (Phi) is 3.45. The molecule has 3 aromatic rings. The van der Waals surface area contributed by atoms with Gasteiger partial charge in [-0.05, 0) is 18.2 Å². The van der Waals surface area contributed by atoms with E-state index in [2.05, 4.69) is 0 Å². The Balaban J connectivity index is 2.21. The van der Waals surface area contributed by atoms with Gasteiger partial charge < -0.3 is 9.52 Å². The Morgan fingerprint density at radius 2 is 1.50 bits per heavy atom. The lowest BCUT2D eigenvalue weighted by Gasteiger charge is -2.05. The maximum atomic E-state index is 12.2. The van der Waals surface area contributed by atoms with Crippen molar-refractivity contribution in [1.82, 2.24) is 0 Å². The molecule has 0 aliphatic rings. The van der Waals surface area contributed by atoms with Crippen molar-refractivity contribution in [3.05, 3.63) is 72.9 Å². The Morgan fingerprint density at radius 1 is 0.917 bits per heavy atom. The van der Waals surface area contributed by atoms with Gasteiger partial charge in [-0.25, -0.2) is 0 Å². The van der Waals surface area contributed by atoms with E-state index in [0.29, 0.717) is 0 Å². The third kappa shape index (κ3) is 2.43. The zero-order valence-corrected chi connectivity index (χ0v) is 11.8. The molecule has 0 saturated heterocycles. The fraction of sp³-hybridized carbons (Fsp3) is 0. The number of nitro benzene ring substituents is 2. The van der Waals surface area contributed by atoms with Crippen LogP contribution in [0.1, 0.15) is 0 Å². The molecule has 0 aliphatic carbocycles. The topological polar surface area (TPSA) is 137 Å². The van der Waals surface area contributed by atoms with Crippen molar-refractivity contribution in [1.29, 1.82) is 0 Å². The number of fused-ring (bicyclic) bond motifs is 1. The lowest BCUT2D eigenvalue weighted by molar-refractivity contribution is -0.385. The zero-order valence-electron chi connectivity index (χ0n) is 11.8. The fourth-order valence-electron chi connectivity index (χ4n) is 2.22. The average Bonchev–Trinajstić information content (AvgIpc) is 2.57. The van der Waals surface area contributed by atoms with Gasteiger partial charge in [0.25, 0.3) is 11.4 Å². The summed E-state index contributed by atoms with van der Waals surface area (Å²) in [7, 11) is 0. The molecule has 1 heterocycles. The highest BCUT2D eigenvalue weighted by molar-refractivity contribution is 5.83. The Morgan fingerprint density at radius 3 is 2.08 bits per heavy atom. The van der Waals surface area contributed by atoms with E-state index < -0.39 is 21.0 Å². The van der Waals surface area contributed by atoms with Gasteiger partial charge in [-0.2, -0.15) is 0 Å². The van der Waals surface area contributed by atoms with Crippen molar-refractivity contribution in [3.63, 3.8) is 0 Å². The van der Waals surface area contributed by atoms with Gasteiger partial charge in [0, 0.05) is 29.8 Å². The summed E-state index contributed by atoms with van der Waals surface area (Å²) in [5, 5.41) is 31.3. The van der Waals surface area contributed by atoms with E-state index in [4.69, 9.17) is 4.42 Å².